The number of hydrogen-bond donors (Lipinski definition) is 1. The lowest BCUT2D eigenvalue weighted by atomic mass is 10.1. The smallest absolute Gasteiger partial charge is 0.129 e. The highest BCUT2D eigenvalue weighted by Crippen LogP contribution is 2.27. The summed E-state index contributed by atoms with van der Waals surface area (Å²) in [5, 5.41) is 1.08. The van der Waals surface area contributed by atoms with Gasteiger partial charge in [0.1, 0.15) is 12.4 Å². The van der Waals surface area contributed by atoms with Crippen molar-refractivity contribution in [3.8, 4) is 5.75 Å². The molecule has 0 saturated heterocycles. The van der Waals surface area contributed by atoms with Crippen LogP contribution in [0.1, 0.15) is 11.3 Å². The number of benzene rings is 1. The number of fused-ring (bicyclic) bond motifs is 1. The molecule has 0 spiro atoms. The van der Waals surface area contributed by atoms with Gasteiger partial charge in [0.05, 0.1) is 5.52 Å². The number of rotatable bonds is 3. The summed E-state index contributed by atoms with van der Waals surface area (Å²) in [5.74, 6) is 0.868. The molecule has 0 aliphatic heterocycles. The molecule has 0 atom stereocenters. The molecule has 0 amide bonds. The van der Waals surface area contributed by atoms with E-state index in [4.69, 9.17) is 10.5 Å². The van der Waals surface area contributed by atoms with Crippen molar-refractivity contribution >= 4 is 10.9 Å². The summed E-state index contributed by atoms with van der Waals surface area (Å²) in [7, 11) is 0. The Balaban J connectivity index is 2.57. The zero-order valence-corrected chi connectivity index (χ0v) is 9.66. The number of aromatic nitrogens is 1. The summed E-state index contributed by atoms with van der Waals surface area (Å²) in [6.45, 7) is 5.13. The third-order valence-corrected chi connectivity index (χ3v) is 2.50. The average Bonchev–Trinajstić information content (AvgIpc) is 2.25. The molecule has 1 heterocycles. The lowest BCUT2D eigenvalue weighted by molar-refractivity contribution is 0.332. The van der Waals surface area contributed by atoms with Crippen molar-refractivity contribution < 1.29 is 4.74 Å². The number of pyridine rings is 1. The molecule has 2 N–H and O–H groups in total. The first-order chi connectivity index (χ1) is 7.72. The molecule has 2 rings (SSSR count). The second-order valence-electron chi connectivity index (χ2n) is 3.87. The van der Waals surface area contributed by atoms with Crippen LogP contribution in [-0.4, -0.2) is 18.1 Å². The molecule has 0 aliphatic carbocycles. The van der Waals surface area contributed by atoms with E-state index < -0.39 is 0 Å². The second-order valence-corrected chi connectivity index (χ2v) is 3.87. The minimum absolute atomic E-state index is 0.523. The summed E-state index contributed by atoms with van der Waals surface area (Å²) in [4.78, 5) is 4.49. The van der Waals surface area contributed by atoms with Gasteiger partial charge in [0, 0.05) is 17.6 Å². The van der Waals surface area contributed by atoms with Gasteiger partial charge in [-0.1, -0.05) is 6.07 Å². The normalized spacial score (nSPS) is 10.7. The molecule has 16 heavy (non-hydrogen) atoms. The van der Waals surface area contributed by atoms with Crippen LogP contribution < -0.4 is 10.5 Å². The van der Waals surface area contributed by atoms with E-state index >= 15 is 0 Å². The predicted octanol–water partition coefficient (Wildman–Crippen LogP) is 2.19. The van der Waals surface area contributed by atoms with E-state index in [1.807, 2.05) is 25.1 Å². The van der Waals surface area contributed by atoms with Gasteiger partial charge >= 0.3 is 0 Å². The molecule has 1 aromatic carbocycles. The summed E-state index contributed by atoms with van der Waals surface area (Å²) in [5.41, 5.74) is 8.64. The van der Waals surface area contributed by atoms with Crippen LogP contribution in [0.5, 0.6) is 5.75 Å². The number of ether oxygens (including phenoxy) is 1. The standard InChI is InChI=1S/C13H16N2O/c1-9-8-10(2)15-11-4-3-5-12(13(9)11)16-7-6-14/h3-5,8H,6-7,14H2,1-2H3. The molecule has 0 bridgehead atoms. The van der Waals surface area contributed by atoms with E-state index in [-0.39, 0.29) is 0 Å². The van der Waals surface area contributed by atoms with Gasteiger partial charge in [0.15, 0.2) is 0 Å². The Labute approximate surface area is 95.2 Å². The van der Waals surface area contributed by atoms with E-state index in [9.17, 15) is 0 Å². The van der Waals surface area contributed by atoms with Crippen molar-refractivity contribution in [1.29, 1.82) is 0 Å². The second kappa shape index (κ2) is 4.49. The zero-order valence-electron chi connectivity index (χ0n) is 9.66. The molecule has 3 heteroatoms. The van der Waals surface area contributed by atoms with Gasteiger partial charge in [0.2, 0.25) is 0 Å². The number of nitrogens with zero attached hydrogens (tertiary/aromatic N) is 1. The Morgan fingerprint density at radius 1 is 1.31 bits per heavy atom. The quantitative estimate of drug-likeness (QED) is 0.855. The first-order valence-corrected chi connectivity index (χ1v) is 5.42. The van der Waals surface area contributed by atoms with Crippen LogP contribution in [0.15, 0.2) is 24.3 Å². The summed E-state index contributed by atoms with van der Waals surface area (Å²) < 4.78 is 5.62. The van der Waals surface area contributed by atoms with Crippen molar-refractivity contribution in [2.45, 2.75) is 13.8 Å². The Bertz CT molecular complexity index is 509. The Morgan fingerprint density at radius 2 is 2.12 bits per heavy atom. The fourth-order valence-electron chi connectivity index (χ4n) is 1.91. The summed E-state index contributed by atoms with van der Waals surface area (Å²) in [6, 6.07) is 7.99. The lowest BCUT2D eigenvalue weighted by Crippen LogP contribution is -2.10. The van der Waals surface area contributed by atoms with Gasteiger partial charge in [-0.2, -0.15) is 0 Å². The fraction of sp³-hybridized carbons (Fsp3) is 0.308. The van der Waals surface area contributed by atoms with Crippen molar-refractivity contribution in [3.05, 3.63) is 35.5 Å². The zero-order chi connectivity index (χ0) is 11.5. The average molecular weight is 216 g/mol. The van der Waals surface area contributed by atoms with Crippen molar-refractivity contribution in [2.75, 3.05) is 13.2 Å². The van der Waals surface area contributed by atoms with E-state index in [0.29, 0.717) is 13.2 Å². The third kappa shape index (κ3) is 1.99. The highest BCUT2D eigenvalue weighted by atomic mass is 16.5. The van der Waals surface area contributed by atoms with E-state index in [1.54, 1.807) is 0 Å². The van der Waals surface area contributed by atoms with Crippen LogP contribution in [-0.2, 0) is 0 Å². The molecular formula is C13H16N2O. The monoisotopic (exact) mass is 216 g/mol. The van der Waals surface area contributed by atoms with Crippen molar-refractivity contribution in [2.24, 2.45) is 5.73 Å². The lowest BCUT2D eigenvalue weighted by Gasteiger charge is -2.10. The Morgan fingerprint density at radius 3 is 2.88 bits per heavy atom. The largest absolute Gasteiger partial charge is 0.492 e. The molecule has 0 aliphatic rings. The van der Waals surface area contributed by atoms with Gasteiger partial charge in [-0.05, 0) is 37.6 Å². The van der Waals surface area contributed by atoms with Crippen molar-refractivity contribution in [3.63, 3.8) is 0 Å². The van der Waals surface area contributed by atoms with Crippen LogP contribution in [0.2, 0.25) is 0 Å². The van der Waals surface area contributed by atoms with Crippen LogP contribution in [0.3, 0.4) is 0 Å². The minimum Gasteiger partial charge on any atom is -0.492 e. The SMILES string of the molecule is Cc1cc(C)c2c(OCCN)cccc2n1. The van der Waals surface area contributed by atoms with E-state index in [2.05, 4.69) is 18.0 Å². The summed E-state index contributed by atoms with van der Waals surface area (Å²) >= 11 is 0. The molecule has 2 aromatic rings. The number of hydrogen-bond acceptors (Lipinski definition) is 3. The van der Waals surface area contributed by atoms with E-state index in [0.717, 1.165) is 22.3 Å². The molecule has 0 fully saturated rings. The Kier molecular flexibility index (Phi) is 3.06. The minimum atomic E-state index is 0.523. The molecule has 0 unspecified atom stereocenters. The van der Waals surface area contributed by atoms with Gasteiger partial charge in [-0.15, -0.1) is 0 Å². The number of aryl methyl sites for hydroxylation is 2. The maximum absolute atomic E-state index is 5.62. The third-order valence-electron chi connectivity index (χ3n) is 2.50. The number of nitrogens with two attached hydrogens (primary N) is 1. The van der Waals surface area contributed by atoms with Gasteiger partial charge in [-0.3, -0.25) is 4.98 Å². The maximum Gasteiger partial charge on any atom is 0.129 e. The molecule has 3 nitrogen and oxygen atoms in total. The van der Waals surface area contributed by atoms with Gasteiger partial charge < -0.3 is 10.5 Å². The van der Waals surface area contributed by atoms with Crippen LogP contribution in [0.4, 0.5) is 0 Å². The van der Waals surface area contributed by atoms with Gasteiger partial charge in [0.25, 0.3) is 0 Å². The highest BCUT2D eigenvalue weighted by Gasteiger charge is 2.06. The maximum atomic E-state index is 5.62. The van der Waals surface area contributed by atoms with Gasteiger partial charge in [-0.25, -0.2) is 0 Å². The van der Waals surface area contributed by atoms with E-state index in [1.165, 1.54) is 5.56 Å². The van der Waals surface area contributed by atoms with Crippen LogP contribution in [0.25, 0.3) is 10.9 Å². The molecule has 0 radical (unpaired) electrons. The van der Waals surface area contributed by atoms with Crippen LogP contribution >= 0.6 is 0 Å². The first-order valence-electron chi connectivity index (χ1n) is 5.42. The molecule has 84 valence electrons. The fourth-order valence-corrected chi connectivity index (χ4v) is 1.91. The highest BCUT2D eigenvalue weighted by molar-refractivity contribution is 5.88. The molecule has 0 saturated carbocycles. The van der Waals surface area contributed by atoms with Crippen molar-refractivity contribution in [1.82, 2.24) is 4.98 Å². The first kappa shape index (κ1) is 10.9. The summed E-state index contributed by atoms with van der Waals surface area (Å²) in [6.07, 6.45) is 0. The molecule has 1 aromatic heterocycles. The topological polar surface area (TPSA) is 48.1 Å². The van der Waals surface area contributed by atoms with Crippen LogP contribution in [0, 0.1) is 13.8 Å². The Hall–Kier alpha value is -1.61. The predicted molar refractivity (Wildman–Crippen MR) is 65.8 cm³/mol. The molecular weight excluding hydrogens is 200 g/mol.